The van der Waals surface area contributed by atoms with Crippen molar-refractivity contribution in [2.45, 2.75) is 0 Å². The molecule has 2 aromatic rings. The van der Waals surface area contributed by atoms with E-state index >= 15 is 0 Å². The highest BCUT2D eigenvalue weighted by Gasteiger charge is 2.22. The Morgan fingerprint density at radius 2 is 2.06 bits per heavy atom. The fraction of sp³-hybridized carbons (Fsp3) is 0.0833. The highest BCUT2D eigenvalue weighted by atomic mass is 32.1. The Kier molecular flexibility index (Phi) is 3.29. The van der Waals surface area contributed by atoms with E-state index in [0.29, 0.717) is 0 Å². The van der Waals surface area contributed by atoms with Crippen LogP contribution in [-0.4, -0.2) is 13.1 Å². The van der Waals surface area contributed by atoms with E-state index in [0.717, 1.165) is 17.4 Å². The van der Waals surface area contributed by atoms with Crippen LogP contribution in [0.4, 0.5) is 13.8 Å². The fourth-order valence-corrected chi connectivity index (χ4v) is 2.40. The van der Waals surface area contributed by atoms with Crippen LogP contribution in [0, 0.1) is 11.6 Å². The number of ether oxygens (including phenoxy) is 1. The van der Waals surface area contributed by atoms with E-state index in [4.69, 9.17) is 5.73 Å². The molecular weight excluding hydrogens is 260 g/mol. The molecule has 3 nitrogen and oxygen atoms in total. The number of halogens is 2. The highest BCUT2D eigenvalue weighted by molar-refractivity contribution is 7.14. The van der Waals surface area contributed by atoms with E-state index < -0.39 is 17.6 Å². The molecule has 0 saturated heterocycles. The number of hydrogen-bond donors (Lipinski definition) is 1. The van der Waals surface area contributed by atoms with E-state index in [1.54, 1.807) is 0 Å². The topological polar surface area (TPSA) is 52.3 Å². The molecular formula is C12H9F2NO2S. The predicted octanol–water partition coefficient (Wildman–Crippen LogP) is 3.06. The average molecular weight is 269 g/mol. The van der Waals surface area contributed by atoms with Crippen molar-refractivity contribution in [3.63, 3.8) is 0 Å². The summed E-state index contributed by atoms with van der Waals surface area (Å²) < 4.78 is 31.4. The van der Waals surface area contributed by atoms with Gasteiger partial charge in [-0.2, -0.15) is 0 Å². The van der Waals surface area contributed by atoms with E-state index in [2.05, 4.69) is 4.74 Å². The van der Waals surface area contributed by atoms with Gasteiger partial charge >= 0.3 is 5.97 Å². The van der Waals surface area contributed by atoms with Crippen molar-refractivity contribution in [1.29, 1.82) is 0 Å². The van der Waals surface area contributed by atoms with Gasteiger partial charge in [-0.3, -0.25) is 0 Å². The summed E-state index contributed by atoms with van der Waals surface area (Å²) in [7, 11) is 1.20. The minimum atomic E-state index is -1.01. The first-order valence-electron chi connectivity index (χ1n) is 4.96. The molecule has 0 atom stereocenters. The van der Waals surface area contributed by atoms with Crippen LogP contribution in [0.3, 0.4) is 0 Å². The Labute approximate surface area is 106 Å². The molecule has 1 aromatic heterocycles. The molecule has 0 aliphatic carbocycles. The number of hydrogen-bond acceptors (Lipinski definition) is 4. The van der Waals surface area contributed by atoms with E-state index in [1.807, 2.05) is 0 Å². The fourth-order valence-electron chi connectivity index (χ4n) is 1.60. The SMILES string of the molecule is COC(=O)c1c(-c2cccc(F)c2F)csc1N. The molecule has 2 rings (SSSR count). The standard InChI is InChI=1S/C12H9F2NO2S/c1-17-12(16)9-7(5-18-11(9)15)6-3-2-4-8(13)10(6)14/h2-5H,15H2,1H3. The Morgan fingerprint density at radius 1 is 1.33 bits per heavy atom. The van der Waals surface area contributed by atoms with Gasteiger partial charge < -0.3 is 10.5 Å². The number of rotatable bonds is 2. The van der Waals surface area contributed by atoms with Crippen LogP contribution in [0.5, 0.6) is 0 Å². The summed E-state index contributed by atoms with van der Waals surface area (Å²) in [6, 6.07) is 3.75. The molecule has 94 valence electrons. The van der Waals surface area contributed by atoms with Crippen molar-refractivity contribution in [1.82, 2.24) is 0 Å². The van der Waals surface area contributed by atoms with Gasteiger partial charge in [-0.15, -0.1) is 11.3 Å². The zero-order chi connectivity index (χ0) is 13.3. The third kappa shape index (κ3) is 1.95. The maximum Gasteiger partial charge on any atom is 0.341 e. The third-order valence-electron chi connectivity index (χ3n) is 2.45. The van der Waals surface area contributed by atoms with Gasteiger partial charge in [0.25, 0.3) is 0 Å². The Bertz CT molecular complexity index is 610. The first kappa shape index (κ1) is 12.5. The molecule has 0 spiro atoms. The van der Waals surface area contributed by atoms with Crippen LogP contribution < -0.4 is 5.73 Å². The molecule has 0 bridgehead atoms. The van der Waals surface area contributed by atoms with E-state index in [9.17, 15) is 13.6 Å². The van der Waals surface area contributed by atoms with Crippen molar-refractivity contribution in [2.75, 3.05) is 12.8 Å². The quantitative estimate of drug-likeness (QED) is 0.852. The third-order valence-corrected chi connectivity index (χ3v) is 3.26. The van der Waals surface area contributed by atoms with Crippen molar-refractivity contribution in [3.05, 3.63) is 40.8 Å². The first-order chi connectivity index (χ1) is 8.56. The van der Waals surface area contributed by atoms with E-state index in [-0.39, 0.29) is 21.7 Å². The largest absolute Gasteiger partial charge is 0.465 e. The molecule has 2 N–H and O–H groups in total. The lowest BCUT2D eigenvalue weighted by molar-refractivity contribution is 0.0603. The zero-order valence-corrected chi connectivity index (χ0v) is 10.2. The van der Waals surface area contributed by atoms with Gasteiger partial charge in [-0.05, 0) is 6.07 Å². The first-order valence-corrected chi connectivity index (χ1v) is 5.84. The van der Waals surface area contributed by atoms with Crippen molar-refractivity contribution in [2.24, 2.45) is 0 Å². The van der Waals surface area contributed by atoms with E-state index in [1.165, 1.54) is 24.6 Å². The number of nitrogens with two attached hydrogens (primary N) is 1. The Balaban J connectivity index is 2.65. The molecule has 18 heavy (non-hydrogen) atoms. The summed E-state index contributed by atoms with van der Waals surface area (Å²) in [6.45, 7) is 0. The second kappa shape index (κ2) is 4.73. The number of esters is 1. The Hall–Kier alpha value is -1.95. The second-order valence-corrected chi connectivity index (χ2v) is 4.39. The summed E-state index contributed by atoms with van der Waals surface area (Å²) >= 11 is 1.07. The summed E-state index contributed by atoms with van der Waals surface area (Å²) in [5, 5.41) is 1.71. The molecule has 0 amide bonds. The van der Waals surface area contributed by atoms with Crippen molar-refractivity contribution < 1.29 is 18.3 Å². The van der Waals surface area contributed by atoms with Gasteiger partial charge in [-0.1, -0.05) is 12.1 Å². The van der Waals surface area contributed by atoms with Gasteiger partial charge in [0.1, 0.15) is 10.6 Å². The maximum absolute atomic E-state index is 13.7. The number of anilines is 1. The maximum atomic E-state index is 13.7. The number of carbonyl (C=O) groups excluding carboxylic acids is 1. The monoisotopic (exact) mass is 269 g/mol. The van der Waals surface area contributed by atoms with Crippen LogP contribution in [0.2, 0.25) is 0 Å². The molecule has 6 heteroatoms. The minimum absolute atomic E-state index is 0.0108. The van der Waals surface area contributed by atoms with Gasteiger partial charge in [0.2, 0.25) is 0 Å². The van der Waals surface area contributed by atoms with Crippen molar-refractivity contribution >= 4 is 22.3 Å². The van der Waals surface area contributed by atoms with Gasteiger partial charge in [0, 0.05) is 16.5 Å². The van der Waals surface area contributed by atoms with Crippen LogP contribution in [-0.2, 0) is 4.74 Å². The van der Waals surface area contributed by atoms with Gasteiger partial charge in [0.15, 0.2) is 11.6 Å². The summed E-state index contributed by atoms with van der Waals surface area (Å²) in [5.74, 6) is -2.67. The number of benzene rings is 1. The summed E-state index contributed by atoms with van der Waals surface area (Å²) in [4.78, 5) is 11.6. The molecule has 0 radical (unpaired) electrons. The van der Waals surface area contributed by atoms with Gasteiger partial charge in [0.05, 0.1) is 7.11 Å². The summed E-state index contributed by atoms with van der Waals surface area (Å²) in [6.07, 6.45) is 0. The van der Waals surface area contributed by atoms with Gasteiger partial charge in [-0.25, -0.2) is 13.6 Å². The summed E-state index contributed by atoms with van der Waals surface area (Å²) in [5.41, 5.74) is 5.93. The lowest BCUT2D eigenvalue weighted by Gasteiger charge is -2.05. The second-order valence-electron chi connectivity index (χ2n) is 3.48. The molecule has 0 saturated carbocycles. The number of nitrogen functional groups attached to an aromatic ring is 1. The predicted molar refractivity (Wildman–Crippen MR) is 65.4 cm³/mol. The van der Waals surface area contributed by atoms with Crippen LogP contribution >= 0.6 is 11.3 Å². The molecule has 1 heterocycles. The number of methoxy groups -OCH3 is 1. The van der Waals surface area contributed by atoms with Crippen LogP contribution in [0.15, 0.2) is 23.6 Å². The zero-order valence-electron chi connectivity index (χ0n) is 9.37. The molecule has 1 aromatic carbocycles. The Morgan fingerprint density at radius 3 is 2.72 bits per heavy atom. The van der Waals surface area contributed by atoms with Crippen molar-refractivity contribution in [3.8, 4) is 11.1 Å². The lowest BCUT2D eigenvalue weighted by atomic mass is 10.0. The smallest absolute Gasteiger partial charge is 0.341 e. The molecule has 0 unspecified atom stereocenters. The van der Waals surface area contributed by atoms with Crippen LogP contribution in [0.25, 0.3) is 11.1 Å². The van der Waals surface area contributed by atoms with Crippen LogP contribution in [0.1, 0.15) is 10.4 Å². The number of carbonyl (C=O) groups is 1. The lowest BCUT2D eigenvalue weighted by Crippen LogP contribution is -2.05. The normalized spacial score (nSPS) is 10.4. The molecule has 0 fully saturated rings. The highest BCUT2D eigenvalue weighted by Crippen LogP contribution is 2.35. The molecule has 0 aliphatic heterocycles. The average Bonchev–Trinajstić information content (AvgIpc) is 2.73. The minimum Gasteiger partial charge on any atom is -0.465 e. The number of thiophene rings is 1. The molecule has 0 aliphatic rings.